The number of ether oxygens (including phenoxy) is 1. The minimum atomic E-state index is -0.0725. The number of nitrogens with one attached hydrogen (secondary N) is 1. The first-order chi connectivity index (χ1) is 7.13. The molecular formula is C10H19N3O2. The molecule has 15 heavy (non-hydrogen) atoms. The zero-order valence-electron chi connectivity index (χ0n) is 9.62. The molecule has 0 heterocycles. The maximum absolute atomic E-state index is 11.5. The number of nitriles is 1. The number of carbonyl (C=O) groups is 1. The molecule has 0 aliphatic heterocycles. The van der Waals surface area contributed by atoms with Crippen LogP contribution in [0.2, 0.25) is 0 Å². The van der Waals surface area contributed by atoms with Gasteiger partial charge in [0, 0.05) is 13.2 Å². The summed E-state index contributed by atoms with van der Waals surface area (Å²) in [6, 6.07) is 2.03. The molecule has 0 fully saturated rings. The summed E-state index contributed by atoms with van der Waals surface area (Å²) in [5, 5.41) is 11.3. The zero-order valence-corrected chi connectivity index (χ0v) is 9.62. The molecule has 0 saturated carbocycles. The zero-order chi connectivity index (χ0) is 11.7. The van der Waals surface area contributed by atoms with Crippen molar-refractivity contribution >= 4 is 5.91 Å². The number of carbonyl (C=O) groups excluding carboxylic acids is 1. The topological polar surface area (TPSA) is 65.4 Å². The minimum Gasteiger partial charge on any atom is -0.383 e. The molecule has 0 aliphatic carbocycles. The van der Waals surface area contributed by atoms with Crippen molar-refractivity contribution in [3.05, 3.63) is 0 Å². The monoisotopic (exact) mass is 213 g/mol. The van der Waals surface area contributed by atoms with Crippen molar-refractivity contribution in [2.45, 2.75) is 19.9 Å². The van der Waals surface area contributed by atoms with Crippen LogP contribution in [0.25, 0.3) is 0 Å². The summed E-state index contributed by atoms with van der Waals surface area (Å²) in [5.74, 6) is -0.0725. The minimum absolute atomic E-state index is 0.00305. The summed E-state index contributed by atoms with van der Waals surface area (Å²) < 4.78 is 4.90. The van der Waals surface area contributed by atoms with Crippen molar-refractivity contribution in [1.82, 2.24) is 10.2 Å². The smallest absolute Gasteiger partial charge is 0.234 e. The van der Waals surface area contributed by atoms with E-state index in [2.05, 4.69) is 5.32 Å². The molecule has 0 radical (unpaired) electrons. The highest BCUT2D eigenvalue weighted by Gasteiger charge is 2.10. The third-order valence-corrected chi connectivity index (χ3v) is 1.93. The fourth-order valence-electron chi connectivity index (χ4n) is 1.19. The molecule has 1 N–H and O–H groups in total. The Hall–Kier alpha value is -1.12. The van der Waals surface area contributed by atoms with Crippen molar-refractivity contribution in [1.29, 1.82) is 5.26 Å². The quantitative estimate of drug-likeness (QED) is 0.604. The molecular weight excluding hydrogens is 194 g/mol. The van der Waals surface area contributed by atoms with Gasteiger partial charge in [0.05, 0.1) is 25.8 Å². The highest BCUT2D eigenvalue weighted by molar-refractivity contribution is 5.78. The first kappa shape index (κ1) is 13.9. The van der Waals surface area contributed by atoms with Gasteiger partial charge in [-0.05, 0) is 13.5 Å². The molecule has 0 rings (SSSR count). The second-order valence-corrected chi connectivity index (χ2v) is 3.39. The molecule has 0 bridgehead atoms. The van der Waals surface area contributed by atoms with E-state index in [9.17, 15) is 4.79 Å². The van der Waals surface area contributed by atoms with Gasteiger partial charge >= 0.3 is 0 Å². The van der Waals surface area contributed by atoms with Gasteiger partial charge in [-0.2, -0.15) is 5.26 Å². The lowest BCUT2D eigenvalue weighted by atomic mass is 10.3. The first-order valence-electron chi connectivity index (χ1n) is 5.01. The molecule has 1 amide bonds. The van der Waals surface area contributed by atoms with E-state index in [1.807, 2.05) is 19.9 Å². The highest BCUT2D eigenvalue weighted by Crippen LogP contribution is 1.88. The second kappa shape index (κ2) is 8.21. The molecule has 1 unspecified atom stereocenters. The van der Waals surface area contributed by atoms with Gasteiger partial charge in [0.2, 0.25) is 5.91 Å². The number of hydrogen-bond donors (Lipinski definition) is 1. The maximum atomic E-state index is 11.5. The van der Waals surface area contributed by atoms with Gasteiger partial charge in [0.1, 0.15) is 0 Å². The van der Waals surface area contributed by atoms with Crippen LogP contribution in [0.15, 0.2) is 0 Å². The Bertz CT molecular complexity index is 225. The van der Waals surface area contributed by atoms with Crippen LogP contribution in [-0.2, 0) is 9.53 Å². The molecule has 0 aromatic rings. The van der Waals surface area contributed by atoms with Gasteiger partial charge < -0.3 is 10.1 Å². The van der Waals surface area contributed by atoms with Gasteiger partial charge in [-0.25, -0.2) is 0 Å². The fraction of sp³-hybridized carbons (Fsp3) is 0.800. The Morgan fingerprint density at radius 2 is 2.33 bits per heavy atom. The van der Waals surface area contributed by atoms with E-state index in [4.69, 9.17) is 10.00 Å². The van der Waals surface area contributed by atoms with Crippen LogP contribution in [0, 0.1) is 11.3 Å². The Balaban J connectivity index is 3.85. The van der Waals surface area contributed by atoms with Crippen molar-refractivity contribution in [2.24, 2.45) is 0 Å². The van der Waals surface area contributed by atoms with Crippen LogP contribution < -0.4 is 5.32 Å². The van der Waals surface area contributed by atoms with Gasteiger partial charge in [-0.3, -0.25) is 9.69 Å². The van der Waals surface area contributed by atoms with Crippen LogP contribution >= 0.6 is 0 Å². The van der Waals surface area contributed by atoms with E-state index >= 15 is 0 Å². The predicted molar refractivity (Wildman–Crippen MR) is 57.2 cm³/mol. The van der Waals surface area contributed by atoms with Gasteiger partial charge in [0.15, 0.2) is 0 Å². The number of hydrogen-bond acceptors (Lipinski definition) is 4. The second-order valence-electron chi connectivity index (χ2n) is 3.39. The lowest BCUT2D eigenvalue weighted by Crippen LogP contribution is -2.42. The molecule has 5 nitrogen and oxygen atoms in total. The Labute approximate surface area is 91.0 Å². The van der Waals surface area contributed by atoms with E-state index in [0.717, 1.165) is 0 Å². The maximum Gasteiger partial charge on any atom is 0.234 e. The normalized spacial score (nSPS) is 12.2. The Morgan fingerprint density at radius 3 is 2.80 bits per heavy atom. The summed E-state index contributed by atoms with van der Waals surface area (Å²) >= 11 is 0. The molecule has 86 valence electrons. The van der Waals surface area contributed by atoms with Crippen molar-refractivity contribution < 1.29 is 9.53 Å². The fourth-order valence-corrected chi connectivity index (χ4v) is 1.19. The van der Waals surface area contributed by atoms with Crippen LogP contribution in [0.1, 0.15) is 13.8 Å². The van der Waals surface area contributed by atoms with Gasteiger partial charge in [-0.1, -0.05) is 6.92 Å². The lowest BCUT2D eigenvalue weighted by molar-refractivity contribution is -0.123. The third-order valence-electron chi connectivity index (χ3n) is 1.93. The van der Waals surface area contributed by atoms with E-state index in [1.165, 1.54) is 0 Å². The van der Waals surface area contributed by atoms with E-state index in [1.54, 1.807) is 12.0 Å². The van der Waals surface area contributed by atoms with E-state index in [0.29, 0.717) is 13.2 Å². The molecule has 1 atom stereocenters. The van der Waals surface area contributed by atoms with Crippen molar-refractivity contribution in [3.8, 4) is 6.07 Å². The van der Waals surface area contributed by atoms with E-state index in [-0.39, 0.29) is 25.0 Å². The van der Waals surface area contributed by atoms with Gasteiger partial charge in [-0.15, -0.1) is 0 Å². The average Bonchev–Trinajstić information content (AvgIpc) is 2.17. The number of rotatable bonds is 7. The van der Waals surface area contributed by atoms with Crippen LogP contribution in [0.3, 0.4) is 0 Å². The van der Waals surface area contributed by atoms with Crippen LogP contribution in [-0.4, -0.2) is 50.2 Å². The molecule has 0 aromatic heterocycles. The SMILES string of the molecule is CCN(CC#N)CC(=O)NC(C)COC. The number of methoxy groups -OCH3 is 1. The first-order valence-corrected chi connectivity index (χ1v) is 5.01. The van der Waals surface area contributed by atoms with Crippen molar-refractivity contribution in [2.75, 3.05) is 33.4 Å². The Kier molecular flexibility index (Phi) is 7.60. The number of likely N-dealkylation sites (N-methyl/N-ethyl adjacent to an activating group) is 1. The average molecular weight is 213 g/mol. The molecule has 5 heteroatoms. The van der Waals surface area contributed by atoms with Gasteiger partial charge in [0.25, 0.3) is 0 Å². The number of nitrogens with zero attached hydrogens (tertiary/aromatic N) is 2. The molecule has 0 aliphatic rings. The summed E-state index contributed by atoms with van der Waals surface area (Å²) in [6.07, 6.45) is 0. The summed E-state index contributed by atoms with van der Waals surface area (Å²) in [7, 11) is 1.59. The van der Waals surface area contributed by atoms with Crippen molar-refractivity contribution in [3.63, 3.8) is 0 Å². The summed E-state index contributed by atoms with van der Waals surface area (Å²) in [4.78, 5) is 13.2. The Morgan fingerprint density at radius 1 is 1.67 bits per heavy atom. The third kappa shape index (κ3) is 6.89. The lowest BCUT2D eigenvalue weighted by Gasteiger charge is -2.18. The summed E-state index contributed by atoms with van der Waals surface area (Å²) in [6.45, 7) is 5.53. The molecule has 0 spiro atoms. The summed E-state index contributed by atoms with van der Waals surface area (Å²) in [5.41, 5.74) is 0. The number of amides is 1. The van der Waals surface area contributed by atoms with E-state index < -0.39 is 0 Å². The van der Waals surface area contributed by atoms with Crippen LogP contribution in [0.5, 0.6) is 0 Å². The molecule has 0 aromatic carbocycles. The largest absolute Gasteiger partial charge is 0.383 e. The standard InChI is InChI=1S/C10H19N3O2/c1-4-13(6-5-11)7-10(14)12-9(2)8-15-3/h9H,4,6-8H2,1-3H3,(H,12,14). The molecule has 0 saturated heterocycles. The highest BCUT2D eigenvalue weighted by atomic mass is 16.5. The van der Waals surface area contributed by atoms with Crippen LogP contribution in [0.4, 0.5) is 0 Å². The predicted octanol–water partition coefficient (Wildman–Crippen LogP) is -0.0170.